The Morgan fingerprint density at radius 2 is 2.05 bits per heavy atom. The molecule has 0 atom stereocenters. The van der Waals surface area contributed by atoms with Crippen molar-refractivity contribution in [3.63, 3.8) is 0 Å². The molecule has 0 unspecified atom stereocenters. The van der Waals surface area contributed by atoms with Crippen molar-refractivity contribution < 1.29 is 9.53 Å². The molecule has 0 saturated carbocycles. The van der Waals surface area contributed by atoms with Gasteiger partial charge in [-0.05, 0) is 24.1 Å². The molecule has 0 aliphatic carbocycles. The minimum absolute atomic E-state index is 0.0444. The van der Waals surface area contributed by atoms with Crippen LogP contribution in [0.5, 0.6) is 5.75 Å². The van der Waals surface area contributed by atoms with E-state index in [0.717, 1.165) is 11.3 Å². The van der Waals surface area contributed by atoms with Gasteiger partial charge in [-0.2, -0.15) is 0 Å². The number of amides is 1. The van der Waals surface area contributed by atoms with E-state index in [0.29, 0.717) is 13.0 Å². The summed E-state index contributed by atoms with van der Waals surface area (Å²) >= 11 is 0. The molecule has 0 fully saturated rings. The van der Waals surface area contributed by atoms with Gasteiger partial charge in [0, 0.05) is 18.3 Å². The van der Waals surface area contributed by atoms with Crippen LogP contribution in [0.2, 0.25) is 0 Å². The van der Waals surface area contributed by atoms with Gasteiger partial charge in [-0.1, -0.05) is 12.1 Å². The van der Waals surface area contributed by atoms with E-state index in [-0.39, 0.29) is 18.0 Å². The first kappa shape index (κ1) is 15.6. The highest BCUT2D eigenvalue weighted by Crippen LogP contribution is 2.12. The number of methoxy groups -OCH3 is 1. The Hall–Kier alpha value is -2.83. The number of rotatable bonds is 6. The fourth-order valence-corrected chi connectivity index (χ4v) is 2.02. The summed E-state index contributed by atoms with van der Waals surface area (Å²) in [5.41, 5.74) is 0.187. The first-order valence-electron chi connectivity index (χ1n) is 6.79. The predicted octanol–water partition coefficient (Wildman–Crippen LogP) is -0.0268. The third kappa shape index (κ3) is 4.62. The predicted molar refractivity (Wildman–Crippen MR) is 81.1 cm³/mol. The van der Waals surface area contributed by atoms with Gasteiger partial charge in [0.25, 0.3) is 5.56 Å². The molecule has 3 N–H and O–H groups in total. The summed E-state index contributed by atoms with van der Waals surface area (Å²) in [6, 6.07) is 8.79. The van der Waals surface area contributed by atoms with Crippen molar-refractivity contribution in [3.8, 4) is 5.75 Å². The average molecular weight is 303 g/mol. The second kappa shape index (κ2) is 7.26. The van der Waals surface area contributed by atoms with Gasteiger partial charge in [-0.25, -0.2) is 4.79 Å². The Bertz CT molecular complexity index is 735. The van der Waals surface area contributed by atoms with Gasteiger partial charge in [-0.3, -0.25) is 14.6 Å². The highest BCUT2D eigenvalue weighted by atomic mass is 16.5. The summed E-state index contributed by atoms with van der Waals surface area (Å²) in [5, 5.41) is 2.74. The number of carbonyl (C=O) groups is 1. The lowest BCUT2D eigenvalue weighted by Crippen LogP contribution is -2.30. The first-order valence-corrected chi connectivity index (χ1v) is 6.79. The van der Waals surface area contributed by atoms with Crippen molar-refractivity contribution in [1.82, 2.24) is 15.3 Å². The molecule has 1 aromatic heterocycles. The zero-order chi connectivity index (χ0) is 15.9. The maximum absolute atomic E-state index is 11.8. The molecule has 1 amide bonds. The zero-order valence-corrected chi connectivity index (χ0v) is 12.1. The quantitative estimate of drug-likeness (QED) is 0.697. The summed E-state index contributed by atoms with van der Waals surface area (Å²) in [4.78, 5) is 38.5. The Kier molecular flexibility index (Phi) is 5.13. The number of carbonyl (C=O) groups excluding carboxylic acids is 1. The fourth-order valence-electron chi connectivity index (χ4n) is 2.02. The molecule has 0 aliphatic rings. The molecule has 22 heavy (non-hydrogen) atoms. The molecule has 2 rings (SSSR count). The highest BCUT2D eigenvalue weighted by molar-refractivity contribution is 5.78. The number of aromatic amines is 2. The van der Waals surface area contributed by atoms with E-state index in [1.807, 2.05) is 29.2 Å². The van der Waals surface area contributed by atoms with E-state index in [9.17, 15) is 14.4 Å². The molecule has 1 heterocycles. The van der Waals surface area contributed by atoms with Gasteiger partial charge >= 0.3 is 5.69 Å². The Morgan fingerprint density at radius 1 is 1.23 bits per heavy atom. The van der Waals surface area contributed by atoms with Gasteiger partial charge in [-0.15, -0.1) is 0 Å². The topological polar surface area (TPSA) is 104 Å². The average Bonchev–Trinajstić information content (AvgIpc) is 2.46. The molecule has 0 radical (unpaired) electrons. The standard InChI is InChI=1S/C15H17N3O4/c1-22-12-4-2-3-10(7-12)5-6-16-13(19)8-11-9-14(20)18-15(21)17-11/h2-4,7,9H,5-6,8H2,1H3,(H,16,19)(H2,17,18,20,21). The van der Waals surface area contributed by atoms with Crippen LogP contribution in [0.4, 0.5) is 0 Å². The van der Waals surface area contributed by atoms with Crippen LogP contribution in [0.25, 0.3) is 0 Å². The monoisotopic (exact) mass is 303 g/mol. The van der Waals surface area contributed by atoms with E-state index in [1.165, 1.54) is 6.07 Å². The third-order valence-electron chi connectivity index (χ3n) is 3.04. The normalized spacial score (nSPS) is 10.2. The van der Waals surface area contributed by atoms with Crippen LogP contribution >= 0.6 is 0 Å². The zero-order valence-electron chi connectivity index (χ0n) is 12.1. The maximum Gasteiger partial charge on any atom is 0.325 e. The van der Waals surface area contributed by atoms with Gasteiger partial charge in [0.2, 0.25) is 5.91 Å². The van der Waals surface area contributed by atoms with Crippen LogP contribution in [0.1, 0.15) is 11.3 Å². The van der Waals surface area contributed by atoms with E-state index in [2.05, 4.69) is 10.3 Å². The van der Waals surface area contributed by atoms with E-state index < -0.39 is 11.2 Å². The lowest BCUT2D eigenvalue weighted by molar-refractivity contribution is -0.120. The largest absolute Gasteiger partial charge is 0.497 e. The van der Waals surface area contributed by atoms with Gasteiger partial charge in [0.05, 0.1) is 13.5 Å². The number of benzene rings is 1. The Morgan fingerprint density at radius 3 is 2.77 bits per heavy atom. The van der Waals surface area contributed by atoms with Crippen molar-refractivity contribution in [2.75, 3.05) is 13.7 Å². The van der Waals surface area contributed by atoms with Crippen LogP contribution in [0.15, 0.2) is 39.9 Å². The van der Waals surface area contributed by atoms with E-state index >= 15 is 0 Å². The summed E-state index contributed by atoms with van der Waals surface area (Å²) < 4.78 is 5.13. The lowest BCUT2D eigenvalue weighted by atomic mass is 10.1. The molecule has 7 nitrogen and oxygen atoms in total. The highest BCUT2D eigenvalue weighted by Gasteiger charge is 2.05. The Labute approximate surface area is 126 Å². The van der Waals surface area contributed by atoms with Crippen molar-refractivity contribution in [2.45, 2.75) is 12.8 Å². The first-order chi connectivity index (χ1) is 10.6. The SMILES string of the molecule is COc1cccc(CCNC(=O)Cc2cc(=O)[nH]c(=O)[nH]2)c1. The Balaban J connectivity index is 1.85. The minimum atomic E-state index is -0.619. The number of ether oxygens (including phenoxy) is 1. The molecule has 0 bridgehead atoms. The number of hydrogen-bond donors (Lipinski definition) is 3. The van der Waals surface area contributed by atoms with E-state index in [1.54, 1.807) is 7.11 Å². The summed E-state index contributed by atoms with van der Waals surface area (Å²) in [5.74, 6) is 0.508. The number of aromatic nitrogens is 2. The van der Waals surface area contributed by atoms with Crippen molar-refractivity contribution in [1.29, 1.82) is 0 Å². The fraction of sp³-hybridized carbons (Fsp3) is 0.267. The molecular formula is C15H17N3O4. The molecule has 2 aromatic rings. The summed E-state index contributed by atoms with van der Waals surface area (Å²) in [7, 11) is 1.60. The molecule has 0 aliphatic heterocycles. The van der Waals surface area contributed by atoms with Gasteiger partial charge in [0.1, 0.15) is 5.75 Å². The van der Waals surface area contributed by atoms with E-state index in [4.69, 9.17) is 4.74 Å². The number of nitrogens with one attached hydrogen (secondary N) is 3. The minimum Gasteiger partial charge on any atom is -0.497 e. The molecule has 7 heteroatoms. The molecule has 116 valence electrons. The van der Waals surface area contributed by atoms with Crippen LogP contribution in [0.3, 0.4) is 0 Å². The number of hydrogen-bond acceptors (Lipinski definition) is 4. The maximum atomic E-state index is 11.8. The number of H-pyrrole nitrogens is 2. The van der Waals surface area contributed by atoms with Crippen LogP contribution in [-0.4, -0.2) is 29.5 Å². The molecular weight excluding hydrogens is 286 g/mol. The smallest absolute Gasteiger partial charge is 0.325 e. The van der Waals surface area contributed by atoms with Gasteiger partial charge in [0.15, 0.2) is 0 Å². The summed E-state index contributed by atoms with van der Waals surface area (Å²) in [6.45, 7) is 0.458. The van der Waals surface area contributed by atoms with Crippen LogP contribution in [-0.2, 0) is 17.6 Å². The molecule has 0 saturated heterocycles. The molecule has 0 spiro atoms. The van der Waals surface area contributed by atoms with Crippen LogP contribution in [0, 0.1) is 0 Å². The third-order valence-corrected chi connectivity index (χ3v) is 3.04. The summed E-state index contributed by atoms with van der Waals surface area (Å²) in [6.07, 6.45) is 0.617. The molecule has 1 aromatic carbocycles. The second-order valence-corrected chi connectivity index (χ2v) is 4.74. The van der Waals surface area contributed by atoms with Crippen molar-refractivity contribution in [2.24, 2.45) is 0 Å². The second-order valence-electron chi connectivity index (χ2n) is 4.74. The van der Waals surface area contributed by atoms with Crippen molar-refractivity contribution >= 4 is 5.91 Å². The lowest BCUT2D eigenvalue weighted by Gasteiger charge is -2.06. The van der Waals surface area contributed by atoms with Crippen molar-refractivity contribution in [3.05, 3.63) is 62.4 Å². The van der Waals surface area contributed by atoms with Crippen LogP contribution < -0.4 is 21.3 Å². The van der Waals surface area contributed by atoms with Gasteiger partial charge < -0.3 is 15.0 Å².